The Bertz CT molecular complexity index is 658. The average Bonchev–Trinajstić information content (AvgIpc) is 2.70. The highest BCUT2D eigenvalue weighted by Crippen LogP contribution is 2.26. The first kappa shape index (κ1) is 8.53. The SMILES string of the molecule is Cc1cn(C)c2c1cnc1c2ccn1C. The van der Waals surface area contributed by atoms with Gasteiger partial charge in [0, 0.05) is 43.5 Å². The van der Waals surface area contributed by atoms with Gasteiger partial charge in [-0.2, -0.15) is 0 Å². The Morgan fingerprint density at radius 1 is 1.13 bits per heavy atom. The van der Waals surface area contributed by atoms with Crippen LogP contribution < -0.4 is 0 Å². The number of rotatable bonds is 0. The van der Waals surface area contributed by atoms with Gasteiger partial charge in [0.25, 0.3) is 0 Å². The maximum absolute atomic E-state index is 4.49. The van der Waals surface area contributed by atoms with E-state index >= 15 is 0 Å². The fraction of sp³-hybridized carbons (Fsp3) is 0.250. The predicted octanol–water partition coefficient (Wildman–Crippen LogP) is 2.37. The Hall–Kier alpha value is -1.77. The highest BCUT2D eigenvalue weighted by molar-refractivity contribution is 6.04. The molecule has 3 aromatic rings. The van der Waals surface area contributed by atoms with Crippen LogP contribution in [0, 0.1) is 6.92 Å². The van der Waals surface area contributed by atoms with Gasteiger partial charge in [-0.25, -0.2) is 4.98 Å². The van der Waals surface area contributed by atoms with Crippen molar-refractivity contribution in [2.45, 2.75) is 6.92 Å². The monoisotopic (exact) mass is 199 g/mol. The molecule has 3 heterocycles. The van der Waals surface area contributed by atoms with E-state index in [0.717, 1.165) is 5.65 Å². The maximum Gasteiger partial charge on any atom is 0.141 e. The van der Waals surface area contributed by atoms with Crippen molar-refractivity contribution in [1.82, 2.24) is 14.1 Å². The first-order valence-electron chi connectivity index (χ1n) is 5.04. The Kier molecular flexibility index (Phi) is 1.49. The standard InChI is InChI=1S/C12H13N3/c1-8-7-15(3)11-9-4-5-14(2)12(9)13-6-10(8)11/h4-7H,1-3H3. The van der Waals surface area contributed by atoms with E-state index < -0.39 is 0 Å². The summed E-state index contributed by atoms with van der Waals surface area (Å²) in [5.41, 5.74) is 3.60. The van der Waals surface area contributed by atoms with Crippen molar-refractivity contribution in [3.8, 4) is 0 Å². The zero-order valence-electron chi connectivity index (χ0n) is 9.15. The maximum atomic E-state index is 4.49. The Labute approximate surface area is 87.9 Å². The van der Waals surface area contributed by atoms with Crippen molar-refractivity contribution >= 4 is 21.9 Å². The Morgan fingerprint density at radius 2 is 1.93 bits per heavy atom. The second-order valence-corrected chi connectivity index (χ2v) is 4.11. The minimum atomic E-state index is 1.05. The van der Waals surface area contributed by atoms with Gasteiger partial charge in [0.2, 0.25) is 0 Å². The molecule has 0 spiro atoms. The molecule has 0 fully saturated rings. The summed E-state index contributed by atoms with van der Waals surface area (Å²) in [6.45, 7) is 2.12. The van der Waals surface area contributed by atoms with Crippen LogP contribution in [0.1, 0.15) is 5.56 Å². The molecule has 76 valence electrons. The fourth-order valence-corrected chi connectivity index (χ4v) is 2.29. The fourth-order valence-electron chi connectivity index (χ4n) is 2.29. The van der Waals surface area contributed by atoms with Gasteiger partial charge in [-0.05, 0) is 18.6 Å². The molecule has 15 heavy (non-hydrogen) atoms. The number of fused-ring (bicyclic) bond motifs is 3. The van der Waals surface area contributed by atoms with Gasteiger partial charge < -0.3 is 9.13 Å². The van der Waals surface area contributed by atoms with E-state index in [1.807, 2.05) is 13.2 Å². The number of nitrogens with zero attached hydrogens (tertiary/aromatic N) is 3. The summed E-state index contributed by atoms with van der Waals surface area (Å²) in [5.74, 6) is 0. The van der Waals surface area contributed by atoms with Gasteiger partial charge in [-0.3, -0.25) is 0 Å². The van der Waals surface area contributed by atoms with E-state index in [0.29, 0.717) is 0 Å². The van der Waals surface area contributed by atoms with Gasteiger partial charge in [0.1, 0.15) is 5.65 Å². The molecule has 0 aromatic carbocycles. The molecule has 0 N–H and O–H groups in total. The molecule has 3 rings (SSSR count). The summed E-state index contributed by atoms with van der Waals surface area (Å²) in [5, 5.41) is 2.47. The number of pyridine rings is 1. The normalized spacial score (nSPS) is 11.7. The summed E-state index contributed by atoms with van der Waals surface area (Å²) in [7, 11) is 4.11. The molecule has 0 atom stereocenters. The topological polar surface area (TPSA) is 22.8 Å². The number of aryl methyl sites for hydroxylation is 3. The van der Waals surface area contributed by atoms with Crippen LogP contribution in [0.25, 0.3) is 21.9 Å². The molecule has 0 bridgehead atoms. The molecular weight excluding hydrogens is 186 g/mol. The van der Waals surface area contributed by atoms with Crippen LogP contribution in [0.4, 0.5) is 0 Å². The van der Waals surface area contributed by atoms with Gasteiger partial charge in [-0.15, -0.1) is 0 Å². The van der Waals surface area contributed by atoms with Crippen LogP contribution in [0.5, 0.6) is 0 Å². The van der Waals surface area contributed by atoms with Crippen molar-refractivity contribution < 1.29 is 0 Å². The summed E-state index contributed by atoms with van der Waals surface area (Å²) in [6.07, 6.45) is 6.17. The first-order chi connectivity index (χ1) is 7.18. The average molecular weight is 199 g/mol. The number of aromatic nitrogens is 3. The van der Waals surface area contributed by atoms with Crippen molar-refractivity contribution in [2.24, 2.45) is 14.1 Å². The highest BCUT2D eigenvalue weighted by Gasteiger charge is 2.09. The van der Waals surface area contributed by atoms with E-state index in [-0.39, 0.29) is 0 Å². The lowest BCUT2D eigenvalue weighted by Gasteiger charge is -1.99. The molecule has 3 aromatic heterocycles. The minimum absolute atomic E-state index is 1.05. The van der Waals surface area contributed by atoms with E-state index in [2.05, 4.69) is 46.5 Å². The van der Waals surface area contributed by atoms with Crippen LogP contribution in [0.15, 0.2) is 24.7 Å². The van der Waals surface area contributed by atoms with Crippen LogP contribution in [-0.4, -0.2) is 14.1 Å². The lowest BCUT2D eigenvalue weighted by molar-refractivity contribution is 0.947. The minimum Gasteiger partial charge on any atom is -0.350 e. The lowest BCUT2D eigenvalue weighted by atomic mass is 10.2. The van der Waals surface area contributed by atoms with Gasteiger partial charge >= 0.3 is 0 Å². The van der Waals surface area contributed by atoms with Crippen molar-refractivity contribution in [3.05, 3.63) is 30.2 Å². The largest absolute Gasteiger partial charge is 0.350 e. The number of hydrogen-bond acceptors (Lipinski definition) is 1. The lowest BCUT2D eigenvalue weighted by Crippen LogP contribution is -1.89. The molecule has 3 heteroatoms. The first-order valence-corrected chi connectivity index (χ1v) is 5.04. The summed E-state index contributed by atoms with van der Waals surface area (Å²) >= 11 is 0. The molecule has 0 saturated heterocycles. The van der Waals surface area contributed by atoms with Crippen LogP contribution >= 0.6 is 0 Å². The summed E-state index contributed by atoms with van der Waals surface area (Å²) < 4.78 is 4.23. The van der Waals surface area contributed by atoms with Crippen LogP contribution in [0.2, 0.25) is 0 Å². The van der Waals surface area contributed by atoms with Crippen molar-refractivity contribution in [1.29, 1.82) is 0 Å². The third-order valence-electron chi connectivity index (χ3n) is 3.03. The molecule has 0 aliphatic carbocycles. The second kappa shape index (κ2) is 2.63. The second-order valence-electron chi connectivity index (χ2n) is 4.11. The van der Waals surface area contributed by atoms with Crippen molar-refractivity contribution in [3.63, 3.8) is 0 Å². The predicted molar refractivity (Wildman–Crippen MR) is 61.9 cm³/mol. The van der Waals surface area contributed by atoms with E-state index in [4.69, 9.17) is 0 Å². The molecule has 0 aliphatic heterocycles. The zero-order chi connectivity index (χ0) is 10.6. The molecular formula is C12H13N3. The Balaban J connectivity index is 2.64. The molecule has 0 unspecified atom stereocenters. The van der Waals surface area contributed by atoms with Gasteiger partial charge in [-0.1, -0.05) is 0 Å². The van der Waals surface area contributed by atoms with Gasteiger partial charge in [0.05, 0.1) is 5.52 Å². The van der Waals surface area contributed by atoms with Crippen LogP contribution in [0.3, 0.4) is 0 Å². The molecule has 0 amide bonds. The number of hydrogen-bond donors (Lipinski definition) is 0. The summed E-state index contributed by atoms with van der Waals surface area (Å²) in [6, 6.07) is 2.13. The third kappa shape index (κ3) is 0.975. The van der Waals surface area contributed by atoms with Crippen molar-refractivity contribution in [2.75, 3.05) is 0 Å². The van der Waals surface area contributed by atoms with E-state index in [1.165, 1.54) is 21.9 Å². The molecule has 0 aliphatic rings. The zero-order valence-corrected chi connectivity index (χ0v) is 9.15. The van der Waals surface area contributed by atoms with Crippen LogP contribution in [-0.2, 0) is 14.1 Å². The summed E-state index contributed by atoms with van der Waals surface area (Å²) in [4.78, 5) is 4.49. The van der Waals surface area contributed by atoms with Gasteiger partial charge in [0.15, 0.2) is 0 Å². The van der Waals surface area contributed by atoms with E-state index in [1.54, 1.807) is 0 Å². The quantitative estimate of drug-likeness (QED) is 0.545. The Morgan fingerprint density at radius 3 is 2.73 bits per heavy atom. The van der Waals surface area contributed by atoms with E-state index in [9.17, 15) is 0 Å². The molecule has 0 radical (unpaired) electrons. The molecule has 0 saturated carbocycles. The molecule has 3 nitrogen and oxygen atoms in total. The smallest absolute Gasteiger partial charge is 0.141 e. The third-order valence-corrected chi connectivity index (χ3v) is 3.03. The highest BCUT2D eigenvalue weighted by atomic mass is 15.0.